The van der Waals surface area contributed by atoms with Crippen LogP contribution < -0.4 is 4.74 Å². The number of para-hydroxylation sites is 1. The van der Waals surface area contributed by atoms with Crippen molar-refractivity contribution in [2.45, 2.75) is 6.54 Å². The smallest absolute Gasteiger partial charge is 0.180 e. The Kier molecular flexibility index (Phi) is 4.71. The Labute approximate surface area is 117 Å². The van der Waals surface area contributed by atoms with Crippen molar-refractivity contribution in [2.75, 3.05) is 20.7 Å². The first-order chi connectivity index (χ1) is 9.20. The van der Waals surface area contributed by atoms with Gasteiger partial charge < -0.3 is 4.74 Å². The van der Waals surface area contributed by atoms with Crippen LogP contribution in [0.1, 0.15) is 15.9 Å². The minimum atomic E-state index is 0.0789. The van der Waals surface area contributed by atoms with E-state index in [1.807, 2.05) is 35.5 Å². The molecule has 0 saturated carbocycles. The van der Waals surface area contributed by atoms with Crippen LogP contribution in [0.3, 0.4) is 0 Å². The minimum Gasteiger partial charge on any atom is -0.496 e. The molecule has 0 fully saturated rings. The van der Waals surface area contributed by atoms with Crippen LogP contribution in [-0.4, -0.2) is 31.4 Å². The number of thiophene rings is 1. The van der Waals surface area contributed by atoms with Crippen LogP contribution in [0.2, 0.25) is 0 Å². The van der Waals surface area contributed by atoms with E-state index in [2.05, 4.69) is 11.4 Å². The molecular formula is C15H17NO2S. The molecule has 0 spiro atoms. The standard InChI is InChI=1S/C15H17NO2S/c1-16(9-12-7-8-19-11-12)10-14(17)13-5-3-4-6-15(13)18-2/h3-8,11H,9-10H2,1-2H3. The molecule has 19 heavy (non-hydrogen) atoms. The summed E-state index contributed by atoms with van der Waals surface area (Å²) < 4.78 is 5.22. The zero-order chi connectivity index (χ0) is 13.7. The molecule has 0 radical (unpaired) electrons. The summed E-state index contributed by atoms with van der Waals surface area (Å²) in [4.78, 5) is 14.3. The van der Waals surface area contributed by atoms with Gasteiger partial charge in [-0.3, -0.25) is 9.69 Å². The van der Waals surface area contributed by atoms with Crippen molar-refractivity contribution >= 4 is 17.1 Å². The van der Waals surface area contributed by atoms with Crippen LogP contribution in [0.15, 0.2) is 41.1 Å². The number of hydrogen-bond donors (Lipinski definition) is 0. The molecule has 2 aromatic rings. The molecule has 0 aliphatic rings. The molecule has 0 aliphatic heterocycles. The van der Waals surface area contributed by atoms with Crippen LogP contribution in [0.4, 0.5) is 0 Å². The normalized spacial score (nSPS) is 10.7. The van der Waals surface area contributed by atoms with E-state index in [1.54, 1.807) is 24.5 Å². The summed E-state index contributed by atoms with van der Waals surface area (Å²) in [6.07, 6.45) is 0. The number of rotatable bonds is 6. The number of methoxy groups -OCH3 is 1. The maximum Gasteiger partial charge on any atom is 0.180 e. The van der Waals surface area contributed by atoms with Gasteiger partial charge in [-0.15, -0.1) is 0 Å². The van der Waals surface area contributed by atoms with Crippen molar-refractivity contribution in [3.63, 3.8) is 0 Å². The summed E-state index contributed by atoms with van der Waals surface area (Å²) in [5.74, 6) is 0.714. The first kappa shape index (κ1) is 13.8. The van der Waals surface area contributed by atoms with E-state index in [4.69, 9.17) is 4.74 Å². The average Bonchev–Trinajstić information content (AvgIpc) is 2.91. The minimum absolute atomic E-state index is 0.0789. The van der Waals surface area contributed by atoms with Crippen molar-refractivity contribution in [3.8, 4) is 5.75 Å². The van der Waals surface area contributed by atoms with Gasteiger partial charge in [0.2, 0.25) is 0 Å². The number of likely N-dealkylation sites (N-methyl/N-ethyl adjacent to an activating group) is 1. The summed E-state index contributed by atoms with van der Waals surface area (Å²) in [5, 5.41) is 4.15. The quantitative estimate of drug-likeness (QED) is 0.759. The van der Waals surface area contributed by atoms with E-state index in [-0.39, 0.29) is 5.78 Å². The Balaban J connectivity index is 2.00. The number of Topliss-reactive ketones (excluding diaryl/α,β-unsaturated/α-hetero) is 1. The summed E-state index contributed by atoms with van der Waals surface area (Å²) in [5.41, 5.74) is 1.88. The van der Waals surface area contributed by atoms with Gasteiger partial charge in [0.25, 0.3) is 0 Å². The van der Waals surface area contributed by atoms with E-state index in [9.17, 15) is 4.79 Å². The molecular weight excluding hydrogens is 258 g/mol. The summed E-state index contributed by atoms with van der Waals surface area (Å²) in [6, 6.07) is 9.42. The Morgan fingerprint density at radius 3 is 2.79 bits per heavy atom. The van der Waals surface area contributed by atoms with Crippen molar-refractivity contribution in [2.24, 2.45) is 0 Å². The Morgan fingerprint density at radius 1 is 1.32 bits per heavy atom. The highest BCUT2D eigenvalue weighted by Crippen LogP contribution is 2.18. The Morgan fingerprint density at radius 2 is 2.11 bits per heavy atom. The maximum atomic E-state index is 12.2. The van der Waals surface area contributed by atoms with Gasteiger partial charge in [-0.1, -0.05) is 12.1 Å². The molecule has 100 valence electrons. The average molecular weight is 275 g/mol. The molecule has 1 aromatic heterocycles. The van der Waals surface area contributed by atoms with Crippen LogP contribution in [0.25, 0.3) is 0 Å². The van der Waals surface area contributed by atoms with E-state index < -0.39 is 0 Å². The number of ketones is 1. The number of nitrogens with zero attached hydrogens (tertiary/aromatic N) is 1. The third-order valence-electron chi connectivity index (χ3n) is 2.85. The molecule has 0 saturated heterocycles. The third kappa shape index (κ3) is 3.66. The molecule has 0 atom stereocenters. The molecule has 0 amide bonds. The predicted molar refractivity (Wildman–Crippen MR) is 78.0 cm³/mol. The van der Waals surface area contributed by atoms with Crippen LogP contribution in [0, 0.1) is 0 Å². The monoisotopic (exact) mass is 275 g/mol. The van der Waals surface area contributed by atoms with Crippen molar-refractivity contribution in [1.82, 2.24) is 4.90 Å². The summed E-state index contributed by atoms with van der Waals surface area (Å²) in [7, 11) is 3.53. The molecule has 0 bridgehead atoms. The lowest BCUT2D eigenvalue weighted by Crippen LogP contribution is -2.25. The fraction of sp³-hybridized carbons (Fsp3) is 0.267. The first-order valence-electron chi connectivity index (χ1n) is 6.06. The van der Waals surface area contributed by atoms with Gasteiger partial charge >= 0.3 is 0 Å². The van der Waals surface area contributed by atoms with E-state index in [0.29, 0.717) is 17.9 Å². The fourth-order valence-corrected chi connectivity index (χ4v) is 2.62. The van der Waals surface area contributed by atoms with Gasteiger partial charge in [-0.25, -0.2) is 0 Å². The van der Waals surface area contributed by atoms with Gasteiger partial charge in [0.15, 0.2) is 5.78 Å². The summed E-state index contributed by atoms with van der Waals surface area (Å²) >= 11 is 1.67. The molecule has 2 rings (SSSR count). The van der Waals surface area contributed by atoms with Crippen molar-refractivity contribution in [3.05, 3.63) is 52.2 Å². The lowest BCUT2D eigenvalue weighted by molar-refractivity contribution is 0.0940. The maximum absolute atomic E-state index is 12.2. The second kappa shape index (κ2) is 6.50. The first-order valence-corrected chi connectivity index (χ1v) is 7.01. The highest BCUT2D eigenvalue weighted by molar-refractivity contribution is 7.07. The van der Waals surface area contributed by atoms with Crippen LogP contribution in [0.5, 0.6) is 5.75 Å². The molecule has 1 heterocycles. The van der Waals surface area contributed by atoms with Crippen molar-refractivity contribution < 1.29 is 9.53 Å². The van der Waals surface area contributed by atoms with E-state index in [1.165, 1.54) is 5.56 Å². The topological polar surface area (TPSA) is 29.5 Å². The van der Waals surface area contributed by atoms with E-state index in [0.717, 1.165) is 6.54 Å². The molecule has 0 unspecified atom stereocenters. The van der Waals surface area contributed by atoms with Crippen LogP contribution >= 0.6 is 11.3 Å². The molecule has 1 aromatic carbocycles. The number of hydrogen-bond acceptors (Lipinski definition) is 4. The van der Waals surface area contributed by atoms with E-state index >= 15 is 0 Å². The second-order valence-corrected chi connectivity index (χ2v) is 5.21. The molecule has 4 heteroatoms. The Bertz CT molecular complexity index is 537. The largest absolute Gasteiger partial charge is 0.496 e. The zero-order valence-electron chi connectivity index (χ0n) is 11.1. The lowest BCUT2D eigenvalue weighted by atomic mass is 10.1. The number of carbonyl (C=O) groups excluding carboxylic acids is 1. The number of benzene rings is 1. The lowest BCUT2D eigenvalue weighted by Gasteiger charge is -2.15. The van der Waals surface area contributed by atoms with Gasteiger partial charge in [0, 0.05) is 6.54 Å². The number of carbonyl (C=O) groups is 1. The predicted octanol–water partition coefficient (Wildman–Crippen LogP) is 3.07. The fourth-order valence-electron chi connectivity index (χ4n) is 1.96. The second-order valence-electron chi connectivity index (χ2n) is 4.43. The van der Waals surface area contributed by atoms with Gasteiger partial charge in [0.05, 0.1) is 19.2 Å². The van der Waals surface area contributed by atoms with Gasteiger partial charge in [0.1, 0.15) is 5.75 Å². The van der Waals surface area contributed by atoms with Gasteiger partial charge in [-0.05, 0) is 41.6 Å². The molecule has 0 aliphatic carbocycles. The molecule has 3 nitrogen and oxygen atoms in total. The summed E-state index contributed by atoms with van der Waals surface area (Å²) in [6.45, 7) is 1.17. The zero-order valence-corrected chi connectivity index (χ0v) is 11.9. The highest BCUT2D eigenvalue weighted by Gasteiger charge is 2.13. The Hall–Kier alpha value is -1.65. The SMILES string of the molecule is COc1ccccc1C(=O)CN(C)Cc1ccsc1. The number of ether oxygens (including phenoxy) is 1. The van der Waals surface area contributed by atoms with Crippen molar-refractivity contribution in [1.29, 1.82) is 0 Å². The van der Waals surface area contributed by atoms with Gasteiger partial charge in [-0.2, -0.15) is 11.3 Å². The van der Waals surface area contributed by atoms with Crippen LogP contribution in [-0.2, 0) is 6.54 Å². The highest BCUT2D eigenvalue weighted by atomic mass is 32.1. The molecule has 0 N–H and O–H groups in total. The third-order valence-corrected chi connectivity index (χ3v) is 3.59.